The highest BCUT2D eigenvalue weighted by Gasteiger charge is 2.30. The predicted octanol–water partition coefficient (Wildman–Crippen LogP) is 3.28. The zero-order valence-electron chi connectivity index (χ0n) is 10.2. The first-order valence-electron chi connectivity index (χ1n) is 5.65. The van der Waals surface area contributed by atoms with Crippen LogP contribution in [0, 0.1) is 0 Å². The first-order valence-corrected chi connectivity index (χ1v) is 6.53. The summed E-state index contributed by atoms with van der Waals surface area (Å²) in [5.41, 5.74) is 5.59. The van der Waals surface area contributed by atoms with E-state index in [1.54, 1.807) is 11.4 Å². The summed E-state index contributed by atoms with van der Waals surface area (Å²) in [5.74, 6) is -0.394. The Bertz CT molecular complexity index is 622. The fourth-order valence-corrected chi connectivity index (χ4v) is 2.36. The van der Waals surface area contributed by atoms with Crippen LogP contribution < -0.4 is 11.1 Å². The Balaban J connectivity index is 2.05. The number of anilines is 1. The van der Waals surface area contributed by atoms with Crippen molar-refractivity contribution in [3.05, 3.63) is 51.7 Å². The molecule has 1 amide bonds. The number of hydrogen-bond donors (Lipinski definition) is 2. The Hall–Kier alpha value is -2.02. The van der Waals surface area contributed by atoms with E-state index in [0.29, 0.717) is 16.1 Å². The van der Waals surface area contributed by atoms with E-state index in [1.165, 1.54) is 23.5 Å². The average Bonchev–Trinajstić information content (AvgIpc) is 2.82. The third-order valence-corrected chi connectivity index (χ3v) is 3.54. The number of alkyl halides is 3. The van der Waals surface area contributed by atoms with Crippen LogP contribution in [0.4, 0.5) is 18.9 Å². The third kappa shape index (κ3) is 3.30. The third-order valence-electron chi connectivity index (χ3n) is 2.61. The SMILES string of the molecule is Nc1ccsc1C(=O)NCc1cccc(C(F)(F)F)c1. The smallest absolute Gasteiger partial charge is 0.397 e. The Kier molecular flexibility index (Phi) is 3.99. The molecule has 0 saturated carbocycles. The zero-order chi connectivity index (χ0) is 14.8. The molecule has 1 heterocycles. The van der Waals surface area contributed by atoms with Gasteiger partial charge in [-0.1, -0.05) is 12.1 Å². The molecule has 7 heteroatoms. The lowest BCUT2D eigenvalue weighted by Crippen LogP contribution is -2.22. The van der Waals surface area contributed by atoms with Crippen LogP contribution in [0.2, 0.25) is 0 Å². The number of benzene rings is 1. The van der Waals surface area contributed by atoms with Crippen molar-refractivity contribution in [3.8, 4) is 0 Å². The first kappa shape index (κ1) is 14.4. The number of carbonyl (C=O) groups is 1. The highest BCUT2D eigenvalue weighted by molar-refractivity contribution is 7.12. The van der Waals surface area contributed by atoms with Crippen molar-refractivity contribution < 1.29 is 18.0 Å². The number of nitrogen functional groups attached to an aromatic ring is 1. The fraction of sp³-hybridized carbons (Fsp3) is 0.154. The van der Waals surface area contributed by atoms with Gasteiger partial charge in [-0.15, -0.1) is 11.3 Å². The summed E-state index contributed by atoms with van der Waals surface area (Å²) in [6, 6.07) is 6.43. The number of nitrogens with one attached hydrogen (secondary N) is 1. The second kappa shape index (κ2) is 5.54. The van der Waals surface area contributed by atoms with Crippen molar-refractivity contribution in [2.75, 3.05) is 5.73 Å². The molecule has 0 fully saturated rings. The van der Waals surface area contributed by atoms with Crippen LogP contribution in [0.15, 0.2) is 35.7 Å². The van der Waals surface area contributed by atoms with Gasteiger partial charge in [-0.25, -0.2) is 0 Å². The minimum absolute atomic E-state index is 0.0140. The molecule has 0 aliphatic rings. The van der Waals surface area contributed by atoms with E-state index >= 15 is 0 Å². The molecule has 1 aromatic heterocycles. The van der Waals surface area contributed by atoms with Crippen molar-refractivity contribution in [1.82, 2.24) is 5.32 Å². The Morgan fingerprint density at radius 2 is 2.05 bits per heavy atom. The Morgan fingerprint density at radius 1 is 1.30 bits per heavy atom. The maximum absolute atomic E-state index is 12.5. The molecule has 2 rings (SSSR count). The van der Waals surface area contributed by atoms with Crippen LogP contribution in [0.1, 0.15) is 20.8 Å². The van der Waals surface area contributed by atoms with Crippen molar-refractivity contribution in [1.29, 1.82) is 0 Å². The maximum atomic E-state index is 12.5. The quantitative estimate of drug-likeness (QED) is 0.914. The summed E-state index contributed by atoms with van der Waals surface area (Å²) in [6.45, 7) is 0.0140. The van der Waals surface area contributed by atoms with E-state index in [9.17, 15) is 18.0 Å². The second-order valence-electron chi connectivity index (χ2n) is 4.09. The summed E-state index contributed by atoms with van der Waals surface area (Å²) < 4.78 is 37.6. The predicted molar refractivity (Wildman–Crippen MR) is 71.3 cm³/mol. The lowest BCUT2D eigenvalue weighted by atomic mass is 10.1. The monoisotopic (exact) mass is 300 g/mol. The van der Waals surface area contributed by atoms with Crippen LogP contribution in [0.3, 0.4) is 0 Å². The summed E-state index contributed by atoms with van der Waals surface area (Å²) in [7, 11) is 0. The molecule has 0 saturated heterocycles. The standard InChI is InChI=1S/C13H11F3N2OS/c14-13(15,16)9-3-1-2-8(6-9)7-18-12(19)11-10(17)4-5-20-11/h1-6H,7,17H2,(H,18,19). The molecule has 0 unspecified atom stereocenters. The van der Waals surface area contributed by atoms with E-state index in [4.69, 9.17) is 5.73 Å². The molecule has 0 aliphatic heterocycles. The van der Waals surface area contributed by atoms with Crippen LogP contribution in [0.25, 0.3) is 0 Å². The van der Waals surface area contributed by atoms with Gasteiger partial charge >= 0.3 is 6.18 Å². The number of rotatable bonds is 3. The normalized spacial score (nSPS) is 11.3. The van der Waals surface area contributed by atoms with Gasteiger partial charge in [0.1, 0.15) is 4.88 Å². The van der Waals surface area contributed by atoms with Crippen molar-refractivity contribution in [2.24, 2.45) is 0 Å². The van der Waals surface area contributed by atoms with E-state index < -0.39 is 17.6 Å². The summed E-state index contributed by atoms with van der Waals surface area (Å²) in [6.07, 6.45) is -4.39. The first-order chi connectivity index (χ1) is 9.38. The Labute approximate surface area is 117 Å². The van der Waals surface area contributed by atoms with E-state index in [-0.39, 0.29) is 6.54 Å². The molecule has 0 radical (unpaired) electrons. The van der Waals surface area contributed by atoms with Crippen LogP contribution in [0.5, 0.6) is 0 Å². The molecular weight excluding hydrogens is 289 g/mol. The van der Waals surface area contributed by atoms with Gasteiger partial charge in [0.15, 0.2) is 0 Å². The van der Waals surface area contributed by atoms with E-state index in [0.717, 1.165) is 12.1 Å². The van der Waals surface area contributed by atoms with Gasteiger partial charge in [0.2, 0.25) is 0 Å². The largest absolute Gasteiger partial charge is 0.416 e. The summed E-state index contributed by atoms with van der Waals surface area (Å²) >= 11 is 1.18. The maximum Gasteiger partial charge on any atom is 0.416 e. The molecule has 0 atom stereocenters. The fourth-order valence-electron chi connectivity index (χ4n) is 1.62. The Morgan fingerprint density at radius 3 is 2.65 bits per heavy atom. The number of halogens is 3. The molecule has 20 heavy (non-hydrogen) atoms. The van der Waals surface area contributed by atoms with Gasteiger partial charge in [0, 0.05) is 6.54 Å². The molecule has 3 N–H and O–H groups in total. The average molecular weight is 300 g/mol. The number of nitrogens with two attached hydrogens (primary N) is 1. The van der Waals surface area contributed by atoms with Gasteiger partial charge in [-0.2, -0.15) is 13.2 Å². The highest BCUT2D eigenvalue weighted by Crippen LogP contribution is 2.29. The molecule has 1 aromatic carbocycles. The highest BCUT2D eigenvalue weighted by atomic mass is 32.1. The number of hydrogen-bond acceptors (Lipinski definition) is 3. The van der Waals surface area contributed by atoms with Gasteiger partial charge in [-0.05, 0) is 29.1 Å². The number of amides is 1. The summed E-state index contributed by atoms with van der Waals surface area (Å²) in [4.78, 5) is 12.1. The van der Waals surface area contributed by atoms with Gasteiger partial charge in [-0.3, -0.25) is 4.79 Å². The summed E-state index contributed by atoms with van der Waals surface area (Å²) in [5, 5.41) is 4.22. The van der Waals surface area contributed by atoms with Crippen molar-refractivity contribution in [2.45, 2.75) is 12.7 Å². The minimum atomic E-state index is -4.39. The second-order valence-corrected chi connectivity index (χ2v) is 5.00. The van der Waals surface area contributed by atoms with Crippen LogP contribution in [-0.2, 0) is 12.7 Å². The minimum Gasteiger partial charge on any atom is -0.397 e. The van der Waals surface area contributed by atoms with Gasteiger partial charge in [0.05, 0.1) is 11.3 Å². The molecule has 106 valence electrons. The zero-order valence-corrected chi connectivity index (χ0v) is 11.0. The molecule has 0 aliphatic carbocycles. The molecule has 2 aromatic rings. The lowest BCUT2D eigenvalue weighted by molar-refractivity contribution is -0.137. The van der Waals surface area contributed by atoms with Crippen molar-refractivity contribution >= 4 is 22.9 Å². The lowest BCUT2D eigenvalue weighted by Gasteiger charge is -2.09. The van der Waals surface area contributed by atoms with E-state index in [2.05, 4.69) is 5.32 Å². The molecule has 3 nitrogen and oxygen atoms in total. The number of thiophene rings is 1. The van der Waals surface area contributed by atoms with Crippen molar-refractivity contribution in [3.63, 3.8) is 0 Å². The van der Waals surface area contributed by atoms with Gasteiger partial charge < -0.3 is 11.1 Å². The topological polar surface area (TPSA) is 55.1 Å². The number of carbonyl (C=O) groups excluding carboxylic acids is 1. The van der Waals surface area contributed by atoms with E-state index in [1.807, 2.05) is 0 Å². The molecule has 0 bridgehead atoms. The van der Waals surface area contributed by atoms with Crippen LogP contribution >= 0.6 is 11.3 Å². The van der Waals surface area contributed by atoms with Crippen LogP contribution in [-0.4, -0.2) is 5.91 Å². The van der Waals surface area contributed by atoms with Gasteiger partial charge in [0.25, 0.3) is 5.91 Å². The molecular formula is C13H11F3N2OS. The molecule has 0 spiro atoms.